The molecule has 7 nitrogen and oxygen atoms in total. The number of aryl methyl sites for hydroxylation is 2. The van der Waals surface area contributed by atoms with E-state index in [0.717, 1.165) is 11.3 Å². The van der Waals surface area contributed by atoms with Crippen LogP contribution in [0.5, 0.6) is 11.5 Å². The van der Waals surface area contributed by atoms with Crippen LogP contribution < -0.4 is 20.1 Å². The lowest BCUT2D eigenvalue weighted by Gasteiger charge is -2.10. The van der Waals surface area contributed by atoms with Crippen molar-refractivity contribution >= 4 is 17.4 Å². The van der Waals surface area contributed by atoms with Crippen molar-refractivity contribution in [1.29, 1.82) is 0 Å². The first kappa shape index (κ1) is 20.1. The molecule has 0 saturated heterocycles. The van der Waals surface area contributed by atoms with E-state index in [9.17, 15) is 4.79 Å². The molecule has 150 valence electrons. The van der Waals surface area contributed by atoms with Crippen LogP contribution in [0.3, 0.4) is 0 Å². The van der Waals surface area contributed by atoms with Crippen LogP contribution in [0.4, 0.5) is 11.5 Å². The number of benzene rings is 2. The Hall–Kier alpha value is -3.61. The number of hydrogen-bond acceptors (Lipinski definition) is 6. The second-order valence-corrected chi connectivity index (χ2v) is 6.58. The summed E-state index contributed by atoms with van der Waals surface area (Å²) >= 11 is 0. The minimum absolute atomic E-state index is 0.246. The molecule has 0 aliphatic heterocycles. The molecule has 0 atom stereocenters. The summed E-state index contributed by atoms with van der Waals surface area (Å²) in [5, 5.41) is 6.02. The number of anilines is 2. The van der Waals surface area contributed by atoms with Crippen molar-refractivity contribution in [1.82, 2.24) is 15.3 Å². The molecule has 2 aromatic carbocycles. The summed E-state index contributed by atoms with van der Waals surface area (Å²) in [7, 11) is 3.15. The Morgan fingerprint density at radius 1 is 0.931 bits per heavy atom. The van der Waals surface area contributed by atoms with Gasteiger partial charge in [0.1, 0.15) is 11.5 Å². The molecule has 1 aromatic heterocycles. The summed E-state index contributed by atoms with van der Waals surface area (Å²) in [5.41, 5.74) is 4.47. The van der Waals surface area contributed by atoms with Crippen molar-refractivity contribution in [2.45, 2.75) is 20.4 Å². The Morgan fingerprint density at radius 2 is 1.72 bits per heavy atom. The van der Waals surface area contributed by atoms with E-state index < -0.39 is 0 Å². The van der Waals surface area contributed by atoms with E-state index in [2.05, 4.69) is 34.4 Å². The Bertz CT molecular complexity index is 1000. The maximum Gasteiger partial charge on any atom is 0.271 e. The lowest BCUT2D eigenvalue weighted by molar-refractivity contribution is 0.0945. The van der Waals surface area contributed by atoms with E-state index >= 15 is 0 Å². The third kappa shape index (κ3) is 5.01. The molecule has 1 heterocycles. The molecule has 0 radical (unpaired) electrons. The number of methoxy groups -OCH3 is 2. The molecule has 7 heteroatoms. The average molecular weight is 392 g/mol. The highest BCUT2D eigenvalue weighted by Gasteiger charge is 2.10. The van der Waals surface area contributed by atoms with E-state index in [4.69, 9.17) is 9.47 Å². The zero-order valence-corrected chi connectivity index (χ0v) is 16.9. The molecular formula is C22H24N4O3. The predicted molar refractivity (Wildman–Crippen MR) is 112 cm³/mol. The maximum atomic E-state index is 12.4. The van der Waals surface area contributed by atoms with Gasteiger partial charge in [-0.05, 0) is 54.8 Å². The fourth-order valence-corrected chi connectivity index (χ4v) is 2.74. The topological polar surface area (TPSA) is 85.4 Å². The largest absolute Gasteiger partial charge is 0.493 e. The monoisotopic (exact) mass is 392 g/mol. The molecule has 3 rings (SSSR count). The molecule has 0 aliphatic carbocycles. The smallest absolute Gasteiger partial charge is 0.271 e. The molecule has 0 spiro atoms. The van der Waals surface area contributed by atoms with Gasteiger partial charge in [-0.3, -0.25) is 4.79 Å². The number of nitrogens with zero attached hydrogens (tertiary/aromatic N) is 2. The molecule has 0 saturated carbocycles. The number of amides is 1. The zero-order chi connectivity index (χ0) is 20.8. The minimum Gasteiger partial charge on any atom is -0.493 e. The number of aromatic nitrogens is 2. The van der Waals surface area contributed by atoms with Gasteiger partial charge in [0, 0.05) is 12.2 Å². The number of hydrogen-bond donors (Lipinski definition) is 2. The van der Waals surface area contributed by atoms with Crippen LogP contribution in [0.2, 0.25) is 0 Å². The van der Waals surface area contributed by atoms with Crippen LogP contribution >= 0.6 is 0 Å². The molecule has 1 amide bonds. The number of rotatable bonds is 7. The summed E-state index contributed by atoms with van der Waals surface area (Å²) in [6.07, 6.45) is 2.99. The summed E-state index contributed by atoms with van der Waals surface area (Å²) < 4.78 is 10.5. The molecule has 0 fully saturated rings. The van der Waals surface area contributed by atoms with Gasteiger partial charge in [-0.25, -0.2) is 9.97 Å². The van der Waals surface area contributed by atoms with Gasteiger partial charge < -0.3 is 20.1 Å². The first-order valence-corrected chi connectivity index (χ1v) is 9.15. The highest BCUT2D eigenvalue weighted by atomic mass is 16.5. The first-order chi connectivity index (χ1) is 14.0. The number of nitrogens with one attached hydrogen (secondary N) is 2. The average Bonchev–Trinajstić information content (AvgIpc) is 2.75. The second kappa shape index (κ2) is 9.05. The SMILES string of the molecule is COc1ccc(CNC(=O)c2cnc(Nc3ccc(C)c(C)c3)cn2)cc1OC. The van der Waals surface area contributed by atoms with Crippen LogP contribution in [0.15, 0.2) is 48.8 Å². The second-order valence-electron chi connectivity index (χ2n) is 6.58. The Kier molecular flexibility index (Phi) is 6.29. The van der Waals surface area contributed by atoms with Gasteiger partial charge in [0.05, 0.1) is 26.6 Å². The first-order valence-electron chi connectivity index (χ1n) is 9.15. The van der Waals surface area contributed by atoms with Crippen LogP contribution in [-0.2, 0) is 6.54 Å². The lowest BCUT2D eigenvalue weighted by Crippen LogP contribution is -2.24. The lowest BCUT2D eigenvalue weighted by atomic mass is 10.1. The molecule has 0 aliphatic rings. The fourth-order valence-electron chi connectivity index (χ4n) is 2.74. The van der Waals surface area contributed by atoms with E-state index in [0.29, 0.717) is 23.9 Å². The van der Waals surface area contributed by atoms with E-state index in [1.54, 1.807) is 26.5 Å². The van der Waals surface area contributed by atoms with Gasteiger partial charge in [-0.2, -0.15) is 0 Å². The molecule has 0 bridgehead atoms. The van der Waals surface area contributed by atoms with Gasteiger partial charge in [0.2, 0.25) is 0 Å². The summed E-state index contributed by atoms with van der Waals surface area (Å²) in [4.78, 5) is 20.8. The van der Waals surface area contributed by atoms with Gasteiger partial charge in [0.25, 0.3) is 5.91 Å². The zero-order valence-electron chi connectivity index (χ0n) is 16.9. The Labute approximate surface area is 170 Å². The fraction of sp³-hybridized carbons (Fsp3) is 0.227. The van der Waals surface area contributed by atoms with Gasteiger partial charge >= 0.3 is 0 Å². The predicted octanol–water partition coefficient (Wildman–Crippen LogP) is 3.78. The van der Waals surface area contributed by atoms with Crippen LogP contribution in [0.25, 0.3) is 0 Å². The number of carbonyl (C=O) groups excluding carboxylic acids is 1. The van der Waals surface area contributed by atoms with E-state index in [1.165, 1.54) is 17.3 Å². The van der Waals surface area contributed by atoms with Crippen molar-refractivity contribution in [3.63, 3.8) is 0 Å². The highest BCUT2D eigenvalue weighted by Crippen LogP contribution is 2.27. The van der Waals surface area contributed by atoms with E-state index in [1.807, 2.05) is 30.3 Å². The van der Waals surface area contributed by atoms with Crippen molar-refractivity contribution < 1.29 is 14.3 Å². The Morgan fingerprint density at radius 3 is 2.38 bits per heavy atom. The standard InChI is InChI=1S/C22H24N4O3/c1-14-5-7-17(9-15(14)2)26-21-13-23-18(12-24-21)22(27)25-11-16-6-8-19(28-3)20(10-16)29-4/h5-10,12-13H,11H2,1-4H3,(H,24,26)(H,25,27). The third-order valence-electron chi connectivity index (χ3n) is 4.56. The molecule has 0 unspecified atom stereocenters. The van der Waals surface area contributed by atoms with Crippen LogP contribution in [0.1, 0.15) is 27.2 Å². The molecule has 29 heavy (non-hydrogen) atoms. The summed E-state index contributed by atoms with van der Waals surface area (Å²) in [6.45, 7) is 4.45. The molecule has 3 aromatic rings. The minimum atomic E-state index is -0.301. The number of carbonyl (C=O) groups is 1. The quantitative estimate of drug-likeness (QED) is 0.636. The Balaban J connectivity index is 1.61. The highest BCUT2D eigenvalue weighted by molar-refractivity contribution is 5.92. The van der Waals surface area contributed by atoms with Gasteiger partial charge in [-0.1, -0.05) is 12.1 Å². The molecule has 2 N–H and O–H groups in total. The van der Waals surface area contributed by atoms with Crippen molar-refractivity contribution in [3.05, 3.63) is 71.2 Å². The van der Waals surface area contributed by atoms with Crippen molar-refractivity contribution in [2.75, 3.05) is 19.5 Å². The van der Waals surface area contributed by atoms with Gasteiger partial charge in [-0.15, -0.1) is 0 Å². The van der Waals surface area contributed by atoms with Gasteiger partial charge in [0.15, 0.2) is 11.5 Å². The van der Waals surface area contributed by atoms with Crippen molar-refractivity contribution in [2.24, 2.45) is 0 Å². The summed E-state index contributed by atoms with van der Waals surface area (Å²) in [6, 6.07) is 11.5. The maximum absolute atomic E-state index is 12.4. The van der Waals surface area contributed by atoms with Crippen LogP contribution in [-0.4, -0.2) is 30.1 Å². The molecular weight excluding hydrogens is 368 g/mol. The normalized spacial score (nSPS) is 10.3. The third-order valence-corrected chi connectivity index (χ3v) is 4.56. The number of ether oxygens (including phenoxy) is 2. The van der Waals surface area contributed by atoms with Crippen molar-refractivity contribution in [3.8, 4) is 11.5 Å². The summed E-state index contributed by atoms with van der Waals surface area (Å²) in [5.74, 6) is 1.52. The van der Waals surface area contributed by atoms with Crippen LogP contribution in [0, 0.1) is 13.8 Å². The van der Waals surface area contributed by atoms with E-state index in [-0.39, 0.29) is 11.6 Å².